The third kappa shape index (κ3) is 17.6. The number of carbonyl (C=O) groups is 3. The van der Waals surface area contributed by atoms with E-state index < -0.39 is 0 Å². The number of unbranched alkanes of at least 4 members (excludes halogenated alkanes) is 3. The van der Waals surface area contributed by atoms with Crippen LogP contribution in [0, 0.1) is 0 Å². The normalized spacial score (nSPS) is 9.18. The van der Waals surface area contributed by atoms with Crippen LogP contribution in [-0.4, -0.2) is 17.3 Å². The van der Waals surface area contributed by atoms with Crippen LogP contribution in [0.25, 0.3) is 0 Å². The Balaban J connectivity index is 0. The second-order valence-corrected chi connectivity index (χ2v) is 4.24. The predicted octanol–water partition coefficient (Wildman–Crippen LogP) is 3.49. The third-order valence-corrected chi connectivity index (χ3v) is 2.28. The zero-order chi connectivity index (χ0) is 13.7. The van der Waals surface area contributed by atoms with E-state index in [0.29, 0.717) is 12.2 Å². The summed E-state index contributed by atoms with van der Waals surface area (Å²) in [6.45, 7) is 7.10. The summed E-state index contributed by atoms with van der Waals surface area (Å²) in [5, 5.41) is 0. The molecule has 0 heterocycles. The van der Waals surface area contributed by atoms with Crippen LogP contribution < -0.4 is 0 Å². The molecular formula is C14H26O3. The summed E-state index contributed by atoms with van der Waals surface area (Å²) in [6, 6.07) is 0. The maximum atomic E-state index is 10.6. The molecule has 0 atom stereocenters. The fourth-order valence-corrected chi connectivity index (χ4v) is 1.14. The monoisotopic (exact) mass is 242 g/mol. The first-order valence-electron chi connectivity index (χ1n) is 6.48. The van der Waals surface area contributed by atoms with Gasteiger partial charge in [0.2, 0.25) is 0 Å². The smallest absolute Gasteiger partial charge is 0.198 e. The lowest BCUT2D eigenvalue weighted by atomic mass is 10.1. The van der Waals surface area contributed by atoms with Crippen LogP contribution >= 0.6 is 0 Å². The molecule has 0 N–H and O–H groups in total. The average Bonchev–Trinajstić information content (AvgIpc) is 2.26. The first-order chi connectivity index (χ1) is 7.95. The molecule has 0 saturated heterocycles. The van der Waals surface area contributed by atoms with E-state index in [1.807, 2.05) is 6.92 Å². The summed E-state index contributed by atoms with van der Waals surface area (Å²) in [5.41, 5.74) is 0. The van der Waals surface area contributed by atoms with Crippen LogP contribution in [0.5, 0.6) is 0 Å². The highest BCUT2D eigenvalue weighted by atomic mass is 16.2. The SMILES string of the molecule is CCCCC(=O)C(C)=O.CCCCCC(C)=O. The summed E-state index contributed by atoms with van der Waals surface area (Å²) in [6.07, 6.45) is 6.47. The highest BCUT2D eigenvalue weighted by Gasteiger charge is 2.04. The minimum absolute atomic E-state index is 0.239. The van der Waals surface area contributed by atoms with E-state index in [1.54, 1.807) is 6.92 Å². The molecule has 0 aromatic rings. The van der Waals surface area contributed by atoms with Crippen molar-refractivity contribution in [1.29, 1.82) is 0 Å². The fourth-order valence-electron chi connectivity index (χ4n) is 1.14. The molecule has 0 aliphatic rings. The molecule has 0 aliphatic carbocycles. The number of rotatable bonds is 8. The van der Waals surface area contributed by atoms with Crippen molar-refractivity contribution >= 4 is 17.3 Å². The Morgan fingerprint density at radius 1 is 0.765 bits per heavy atom. The zero-order valence-electron chi connectivity index (χ0n) is 11.7. The van der Waals surface area contributed by atoms with E-state index in [0.717, 1.165) is 25.7 Å². The van der Waals surface area contributed by atoms with Crippen molar-refractivity contribution in [2.45, 2.75) is 72.6 Å². The summed E-state index contributed by atoms with van der Waals surface area (Å²) in [7, 11) is 0. The maximum Gasteiger partial charge on any atom is 0.198 e. The molecule has 0 amide bonds. The Kier molecular flexibility index (Phi) is 14.1. The highest BCUT2D eigenvalue weighted by Crippen LogP contribution is 1.98. The summed E-state index contributed by atoms with van der Waals surface area (Å²) in [4.78, 5) is 31.2. The van der Waals surface area contributed by atoms with E-state index in [9.17, 15) is 14.4 Å². The van der Waals surface area contributed by atoms with E-state index >= 15 is 0 Å². The topological polar surface area (TPSA) is 51.2 Å². The second-order valence-electron chi connectivity index (χ2n) is 4.24. The Morgan fingerprint density at radius 2 is 1.29 bits per heavy atom. The number of hydrogen-bond donors (Lipinski definition) is 0. The quantitative estimate of drug-likeness (QED) is 0.483. The first kappa shape index (κ1) is 18.4. The van der Waals surface area contributed by atoms with E-state index in [-0.39, 0.29) is 11.6 Å². The van der Waals surface area contributed by atoms with Crippen LogP contribution in [0.4, 0.5) is 0 Å². The largest absolute Gasteiger partial charge is 0.300 e. The fraction of sp³-hybridized carbons (Fsp3) is 0.786. The minimum Gasteiger partial charge on any atom is -0.300 e. The molecule has 0 radical (unpaired) electrons. The van der Waals surface area contributed by atoms with Gasteiger partial charge in [-0.05, 0) is 19.8 Å². The highest BCUT2D eigenvalue weighted by molar-refractivity contribution is 6.36. The van der Waals surface area contributed by atoms with Gasteiger partial charge in [0.15, 0.2) is 11.6 Å². The Hall–Kier alpha value is -0.990. The van der Waals surface area contributed by atoms with Gasteiger partial charge >= 0.3 is 0 Å². The van der Waals surface area contributed by atoms with E-state index in [2.05, 4.69) is 6.92 Å². The number of carbonyl (C=O) groups excluding carboxylic acids is 3. The number of hydrogen-bond acceptors (Lipinski definition) is 3. The molecule has 0 rings (SSSR count). The summed E-state index contributed by atoms with van der Waals surface area (Å²) >= 11 is 0. The molecule has 0 aromatic heterocycles. The van der Waals surface area contributed by atoms with Crippen molar-refractivity contribution in [3.05, 3.63) is 0 Å². The predicted molar refractivity (Wildman–Crippen MR) is 70.0 cm³/mol. The van der Waals surface area contributed by atoms with Gasteiger partial charge in [0.25, 0.3) is 0 Å². The van der Waals surface area contributed by atoms with Gasteiger partial charge in [-0.25, -0.2) is 0 Å². The van der Waals surface area contributed by atoms with Crippen LogP contribution in [0.2, 0.25) is 0 Å². The zero-order valence-corrected chi connectivity index (χ0v) is 11.7. The van der Waals surface area contributed by atoms with Crippen molar-refractivity contribution in [1.82, 2.24) is 0 Å². The van der Waals surface area contributed by atoms with Gasteiger partial charge in [0.1, 0.15) is 5.78 Å². The molecular weight excluding hydrogens is 216 g/mol. The van der Waals surface area contributed by atoms with Crippen molar-refractivity contribution in [2.75, 3.05) is 0 Å². The molecule has 17 heavy (non-hydrogen) atoms. The molecule has 0 bridgehead atoms. The maximum absolute atomic E-state index is 10.6. The number of ketones is 3. The Bertz CT molecular complexity index is 232. The van der Waals surface area contributed by atoms with Gasteiger partial charge in [-0.1, -0.05) is 33.1 Å². The standard InChI is InChI=1S/C7H12O2.C7H14O/c1-3-4-5-7(9)6(2)8;1-3-4-5-6-7(2)8/h3-5H2,1-2H3;3-6H2,1-2H3. The van der Waals surface area contributed by atoms with Gasteiger partial charge in [0.05, 0.1) is 0 Å². The average molecular weight is 242 g/mol. The van der Waals surface area contributed by atoms with Crippen LogP contribution in [-0.2, 0) is 14.4 Å². The van der Waals surface area contributed by atoms with Crippen molar-refractivity contribution in [3.8, 4) is 0 Å². The summed E-state index contributed by atoms with van der Waals surface area (Å²) < 4.78 is 0. The Morgan fingerprint density at radius 3 is 1.65 bits per heavy atom. The molecule has 0 unspecified atom stereocenters. The molecule has 0 aromatic carbocycles. The molecule has 3 heteroatoms. The number of Topliss-reactive ketones (excluding diaryl/α,β-unsaturated/α-hetero) is 3. The van der Waals surface area contributed by atoms with Gasteiger partial charge in [-0.15, -0.1) is 0 Å². The molecule has 3 nitrogen and oxygen atoms in total. The van der Waals surface area contributed by atoms with E-state index in [4.69, 9.17) is 0 Å². The first-order valence-corrected chi connectivity index (χ1v) is 6.48. The van der Waals surface area contributed by atoms with Gasteiger partial charge < -0.3 is 4.79 Å². The van der Waals surface area contributed by atoms with Crippen LogP contribution in [0.3, 0.4) is 0 Å². The van der Waals surface area contributed by atoms with Gasteiger partial charge in [-0.3, -0.25) is 9.59 Å². The van der Waals surface area contributed by atoms with Gasteiger partial charge in [-0.2, -0.15) is 0 Å². The minimum atomic E-state index is -0.316. The molecule has 0 saturated carbocycles. The van der Waals surface area contributed by atoms with Crippen molar-refractivity contribution in [3.63, 3.8) is 0 Å². The lowest BCUT2D eigenvalue weighted by Gasteiger charge is -1.90. The van der Waals surface area contributed by atoms with Gasteiger partial charge in [0, 0.05) is 19.8 Å². The Labute approximate surface area is 105 Å². The van der Waals surface area contributed by atoms with E-state index in [1.165, 1.54) is 19.8 Å². The lowest BCUT2D eigenvalue weighted by molar-refractivity contribution is -0.135. The molecule has 0 spiro atoms. The van der Waals surface area contributed by atoms with Crippen molar-refractivity contribution in [2.24, 2.45) is 0 Å². The van der Waals surface area contributed by atoms with Crippen molar-refractivity contribution < 1.29 is 14.4 Å². The molecule has 0 fully saturated rings. The van der Waals surface area contributed by atoms with Crippen LogP contribution in [0.15, 0.2) is 0 Å². The summed E-state index contributed by atoms with van der Waals surface area (Å²) in [5.74, 6) is -0.237. The lowest BCUT2D eigenvalue weighted by Crippen LogP contribution is -2.08. The third-order valence-electron chi connectivity index (χ3n) is 2.28. The second kappa shape index (κ2) is 13.1. The molecule has 100 valence electrons. The van der Waals surface area contributed by atoms with Crippen LogP contribution in [0.1, 0.15) is 72.6 Å². The molecule has 0 aliphatic heterocycles.